The standard InChI is InChI=1S/C14H24N2O2S/c1-5-12-9(2)8-13(19-12)11(4)16-14(18)15-10(3)6-7-17/h8,10-11,17H,5-7H2,1-4H3,(H2,15,16,18)/t10-,11?/m1/s1. The minimum absolute atomic E-state index is 0.00493. The molecule has 1 aromatic rings. The first kappa shape index (κ1) is 16.0. The Labute approximate surface area is 119 Å². The summed E-state index contributed by atoms with van der Waals surface area (Å²) in [5.41, 5.74) is 1.30. The predicted molar refractivity (Wildman–Crippen MR) is 79.7 cm³/mol. The molecule has 2 amide bonds. The Kier molecular flexibility index (Phi) is 6.31. The molecule has 0 fully saturated rings. The maximum Gasteiger partial charge on any atom is 0.315 e. The van der Waals surface area contributed by atoms with E-state index in [9.17, 15) is 4.79 Å². The lowest BCUT2D eigenvalue weighted by atomic mass is 10.2. The summed E-state index contributed by atoms with van der Waals surface area (Å²) < 4.78 is 0. The molecule has 3 N–H and O–H groups in total. The van der Waals surface area contributed by atoms with E-state index in [1.807, 2.05) is 13.8 Å². The van der Waals surface area contributed by atoms with Crippen molar-refractivity contribution < 1.29 is 9.90 Å². The molecule has 108 valence electrons. The molecule has 0 saturated carbocycles. The highest BCUT2D eigenvalue weighted by Gasteiger charge is 2.14. The number of urea groups is 1. The Morgan fingerprint density at radius 1 is 1.42 bits per heavy atom. The van der Waals surface area contributed by atoms with Crippen LogP contribution in [0.5, 0.6) is 0 Å². The zero-order chi connectivity index (χ0) is 14.4. The SMILES string of the molecule is CCc1sc(C(C)NC(=O)N[C@H](C)CCO)cc1C. The number of aryl methyl sites for hydroxylation is 2. The Balaban J connectivity index is 2.53. The topological polar surface area (TPSA) is 61.4 Å². The average Bonchev–Trinajstić information content (AvgIpc) is 2.70. The number of aliphatic hydroxyl groups excluding tert-OH is 1. The molecule has 1 heterocycles. The molecule has 0 aliphatic heterocycles. The van der Waals surface area contributed by atoms with E-state index in [2.05, 4.69) is 30.5 Å². The van der Waals surface area contributed by atoms with Gasteiger partial charge in [0.15, 0.2) is 0 Å². The van der Waals surface area contributed by atoms with E-state index in [1.165, 1.54) is 15.3 Å². The summed E-state index contributed by atoms with van der Waals surface area (Å²) in [4.78, 5) is 14.3. The van der Waals surface area contributed by atoms with Gasteiger partial charge in [-0.25, -0.2) is 4.79 Å². The number of rotatable bonds is 6. The largest absolute Gasteiger partial charge is 0.396 e. The van der Waals surface area contributed by atoms with Crippen LogP contribution < -0.4 is 10.6 Å². The van der Waals surface area contributed by atoms with Gasteiger partial charge in [0.05, 0.1) is 6.04 Å². The van der Waals surface area contributed by atoms with Crippen LogP contribution in [0.3, 0.4) is 0 Å². The molecule has 0 bridgehead atoms. The van der Waals surface area contributed by atoms with Crippen molar-refractivity contribution in [3.8, 4) is 0 Å². The first-order chi connectivity index (χ1) is 8.97. The second-order valence-electron chi connectivity index (χ2n) is 4.86. The fourth-order valence-corrected chi connectivity index (χ4v) is 3.03. The van der Waals surface area contributed by atoms with Crippen LogP contribution in [-0.2, 0) is 6.42 Å². The maximum absolute atomic E-state index is 11.8. The van der Waals surface area contributed by atoms with Gasteiger partial charge in [0.25, 0.3) is 0 Å². The monoisotopic (exact) mass is 284 g/mol. The van der Waals surface area contributed by atoms with Crippen LogP contribution in [0.25, 0.3) is 0 Å². The molecule has 0 saturated heterocycles. The first-order valence-corrected chi connectivity index (χ1v) is 7.56. The smallest absolute Gasteiger partial charge is 0.315 e. The second-order valence-corrected chi connectivity index (χ2v) is 6.03. The zero-order valence-electron chi connectivity index (χ0n) is 12.1. The molecule has 0 aromatic carbocycles. The van der Waals surface area contributed by atoms with Gasteiger partial charge in [0.1, 0.15) is 0 Å². The van der Waals surface area contributed by atoms with Gasteiger partial charge in [0, 0.05) is 22.4 Å². The molecule has 1 aromatic heterocycles. The fraction of sp³-hybridized carbons (Fsp3) is 0.643. The van der Waals surface area contributed by atoms with Crippen LogP contribution in [0, 0.1) is 6.92 Å². The molecule has 0 aliphatic rings. The van der Waals surface area contributed by atoms with Crippen LogP contribution in [0.1, 0.15) is 48.6 Å². The Hall–Kier alpha value is -1.07. The molecule has 0 spiro atoms. The van der Waals surface area contributed by atoms with Gasteiger partial charge in [0.2, 0.25) is 0 Å². The molecular formula is C14H24N2O2S. The van der Waals surface area contributed by atoms with Crippen molar-refractivity contribution in [3.05, 3.63) is 21.4 Å². The van der Waals surface area contributed by atoms with Crippen LogP contribution in [0.4, 0.5) is 4.79 Å². The minimum atomic E-state index is -0.183. The van der Waals surface area contributed by atoms with Crippen molar-refractivity contribution in [3.63, 3.8) is 0 Å². The van der Waals surface area contributed by atoms with Crippen molar-refractivity contribution >= 4 is 17.4 Å². The van der Waals surface area contributed by atoms with Crippen LogP contribution >= 0.6 is 11.3 Å². The molecule has 19 heavy (non-hydrogen) atoms. The number of aliphatic hydroxyl groups is 1. The summed E-state index contributed by atoms with van der Waals surface area (Å²) in [6.45, 7) is 8.20. The highest BCUT2D eigenvalue weighted by atomic mass is 32.1. The Morgan fingerprint density at radius 2 is 2.11 bits per heavy atom. The summed E-state index contributed by atoms with van der Waals surface area (Å²) in [5, 5.41) is 14.5. The van der Waals surface area contributed by atoms with Gasteiger partial charge in [-0.15, -0.1) is 11.3 Å². The minimum Gasteiger partial charge on any atom is -0.396 e. The third-order valence-corrected chi connectivity index (χ3v) is 4.64. The van der Waals surface area contributed by atoms with Crippen molar-refractivity contribution in [1.82, 2.24) is 10.6 Å². The zero-order valence-corrected chi connectivity index (χ0v) is 12.9. The van der Waals surface area contributed by atoms with Gasteiger partial charge < -0.3 is 15.7 Å². The summed E-state index contributed by atoms with van der Waals surface area (Å²) >= 11 is 1.76. The number of thiophene rings is 1. The Bertz CT molecular complexity index is 418. The summed E-state index contributed by atoms with van der Waals surface area (Å²) in [7, 11) is 0. The molecule has 1 unspecified atom stereocenters. The third kappa shape index (κ3) is 4.84. The van der Waals surface area contributed by atoms with Crippen molar-refractivity contribution in [2.75, 3.05) is 6.61 Å². The van der Waals surface area contributed by atoms with Gasteiger partial charge in [-0.05, 0) is 45.2 Å². The fourth-order valence-electron chi connectivity index (χ4n) is 1.91. The first-order valence-electron chi connectivity index (χ1n) is 6.75. The summed E-state index contributed by atoms with van der Waals surface area (Å²) in [6.07, 6.45) is 1.60. The van der Waals surface area contributed by atoms with Crippen molar-refractivity contribution in [2.45, 2.75) is 52.6 Å². The normalized spacial score (nSPS) is 13.9. The number of nitrogens with one attached hydrogen (secondary N) is 2. The van der Waals surface area contributed by atoms with Crippen LogP contribution in [-0.4, -0.2) is 23.8 Å². The van der Waals surface area contributed by atoms with Gasteiger partial charge >= 0.3 is 6.03 Å². The molecule has 0 radical (unpaired) electrons. The number of amides is 2. The highest BCUT2D eigenvalue weighted by molar-refractivity contribution is 7.12. The lowest BCUT2D eigenvalue weighted by Gasteiger charge is -2.16. The number of carbonyl (C=O) groups excluding carboxylic acids is 1. The second kappa shape index (κ2) is 7.50. The third-order valence-electron chi connectivity index (χ3n) is 3.07. The molecule has 1 rings (SSSR count). The molecular weight excluding hydrogens is 260 g/mol. The van der Waals surface area contributed by atoms with Gasteiger partial charge in [-0.2, -0.15) is 0 Å². The predicted octanol–water partition coefficient (Wildman–Crippen LogP) is 2.75. The highest BCUT2D eigenvalue weighted by Crippen LogP contribution is 2.27. The van der Waals surface area contributed by atoms with E-state index >= 15 is 0 Å². The van der Waals surface area contributed by atoms with Crippen LogP contribution in [0.15, 0.2) is 6.07 Å². The van der Waals surface area contributed by atoms with E-state index in [-0.39, 0.29) is 24.7 Å². The number of carbonyl (C=O) groups is 1. The quantitative estimate of drug-likeness (QED) is 0.752. The molecule has 4 nitrogen and oxygen atoms in total. The molecule has 0 aliphatic carbocycles. The molecule has 2 atom stereocenters. The van der Waals surface area contributed by atoms with E-state index in [4.69, 9.17) is 5.11 Å². The average molecular weight is 284 g/mol. The van der Waals surface area contributed by atoms with E-state index in [0.717, 1.165) is 6.42 Å². The molecule has 5 heteroatoms. The number of hydrogen-bond acceptors (Lipinski definition) is 3. The van der Waals surface area contributed by atoms with Gasteiger partial charge in [-0.1, -0.05) is 6.92 Å². The maximum atomic E-state index is 11.8. The lowest BCUT2D eigenvalue weighted by Crippen LogP contribution is -2.41. The number of hydrogen-bond donors (Lipinski definition) is 3. The lowest BCUT2D eigenvalue weighted by molar-refractivity contribution is 0.228. The summed E-state index contributed by atoms with van der Waals surface area (Å²) in [5.74, 6) is 0. The Morgan fingerprint density at radius 3 is 2.63 bits per heavy atom. The van der Waals surface area contributed by atoms with Gasteiger partial charge in [-0.3, -0.25) is 0 Å². The van der Waals surface area contributed by atoms with E-state index in [0.29, 0.717) is 6.42 Å². The van der Waals surface area contributed by atoms with E-state index in [1.54, 1.807) is 11.3 Å². The van der Waals surface area contributed by atoms with Crippen molar-refractivity contribution in [1.29, 1.82) is 0 Å². The van der Waals surface area contributed by atoms with E-state index < -0.39 is 0 Å². The summed E-state index contributed by atoms with van der Waals surface area (Å²) in [6, 6.07) is 1.95. The van der Waals surface area contributed by atoms with Crippen LogP contribution in [0.2, 0.25) is 0 Å². The van der Waals surface area contributed by atoms with Crippen molar-refractivity contribution in [2.24, 2.45) is 0 Å².